The molecular formula is C20H31N7O6. The van der Waals surface area contributed by atoms with E-state index >= 15 is 0 Å². The molecule has 1 rings (SSSR count). The van der Waals surface area contributed by atoms with Gasteiger partial charge in [-0.15, -0.1) is 0 Å². The van der Waals surface area contributed by atoms with Crippen molar-refractivity contribution in [2.24, 2.45) is 22.2 Å². The van der Waals surface area contributed by atoms with Crippen LogP contribution in [-0.4, -0.2) is 77.7 Å². The summed E-state index contributed by atoms with van der Waals surface area (Å²) in [4.78, 5) is 52.2. The molecule has 0 aliphatic carbocycles. The van der Waals surface area contributed by atoms with Gasteiger partial charge in [0.05, 0.1) is 13.2 Å². The zero-order valence-corrected chi connectivity index (χ0v) is 18.1. The minimum absolute atomic E-state index is 0.0210. The Morgan fingerprint density at radius 2 is 1.55 bits per heavy atom. The first-order valence-corrected chi connectivity index (χ1v) is 10.2. The first-order chi connectivity index (χ1) is 15.7. The fraction of sp³-hybridized carbons (Fsp3) is 0.450. The highest BCUT2D eigenvalue weighted by Gasteiger charge is 2.29. The van der Waals surface area contributed by atoms with Crippen LogP contribution in [0.4, 0.5) is 0 Å². The number of aliphatic hydroxyl groups is 1. The molecule has 0 spiro atoms. The number of aliphatic carboxylic acids is 1. The quantitative estimate of drug-likeness (QED) is 0.0782. The van der Waals surface area contributed by atoms with Gasteiger partial charge >= 0.3 is 5.97 Å². The third-order valence-corrected chi connectivity index (χ3v) is 4.50. The summed E-state index contributed by atoms with van der Waals surface area (Å²) in [5, 5.41) is 26.0. The van der Waals surface area contributed by atoms with Crippen molar-refractivity contribution in [3.63, 3.8) is 0 Å². The SMILES string of the molecule is NCC(=O)NC(Cc1ccccc1)C(=O)NC(CO)C(=O)NC(CCCN=C(N)N)C(=O)O. The number of benzene rings is 1. The van der Waals surface area contributed by atoms with Crippen LogP contribution in [0.25, 0.3) is 0 Å². The third kappa shape index (κ3) is 10.4. The molecule has 0 radical (unpaired) electrons. The lowest BCUT2D eigenvalue weighted by atomic mass is 10.0. The molecule has 0 saturated heterocycles. The molecule has 3 amide bonds. The van der Waals surface area contributed by atoms with Gasteiger partial charge < -0.3 is 43.4 Å². The highest BCUT2D eigenvalue weighted by Crippen LogP contribution is 2.05. The van der Waals surface area contributed by atoms with Gasteiger partial charge in [0, 0.05) is 13.0 Å². The van der Waals surface area contributed by atoms with Crippen molar-refractivity contribution in [1.29, 1.82) is 0 Å². The predicted octanol–water partition coefficient (Wildman–Crippen LogP) is -3.23. The Balaban J connectivity index is 2.81. The second kappa shape index (κ2) is 14.4. The molecule has 0 fully saturated rings. The molecule has 0 bridgehead atoms. The summed E-state index contributed by atoms with van der Waals surface area (Å²) in [7, 11) is 0. The molecule has 1 aromatic rings. The first-order valence-electron chi connectivity index (χ1n) is 10.2. The van der Waals surface area contributed by atoms with Crippen LogP contribution in [0.5, 0.6) is 0 Å². The van der Waals surface area contributed by atoms with E-state index < -0.39 is 48.4 Å². The molecule has 3 unspecified atom stereocenters. The number of amides is 3. The summed E-state index contributed by atoms with van der Waals surface area (Å²) in [6.45, 7) is -0.965. The maximum absolute atomic E-state index is 12.8. The minimum Gasteiger partial charge on any atom is -0.480 e. The number of aliphatic imine (C=N–C) groups is 1. The van der Waals surface area contributed by atoms with Crippen molar-refractivity contribution in [2.75, 3.05) is 19.7 Å². The van der Waals surface area contributed by atoms with E-state index in [0.717, 1.165) is 5.56 Å². The number of carboxylic acids is 1. The van der Waals surface area contributed by atoms with E-state index in [1.807, 2.05) is 0 Å². The Morgan fingerprint density at radius 3 is 2.09 bits per heavy atom. The number of hydrogen-bond acceptors (Lipinski definition) is 7. The number of hydrogen-bond donors (Lipinski definition) is 8. The number of rotatable bonds is 14. The average Bonchev–Trinajstić information content (AvgIpc) is 2.78. The monoisotopic (exact) mass is 465 g/mol. The molecule has 0 aromatic heterocycles. The number of aliphatic hydroxyl groups excluding tert-OH is 1. The second-order valence-electron chi connectivity index (χ2n) is 7.11. The molecule has 11 N–H and O–H groups in total. The predicted molar refractivity (Wildman–Crippen MR) is 120 cm³/mol. The lowest BCUT2D eigenvalue weighted by molar-refractivity contribution is -0.142. The summed E-state index contributed by atoms with van der Waals surface area (Å²) in [5.74, 6) is -3.66. The summed E-state index contributed by atoms with van der Waals surface area (Å²) < 4.78 is 0. The zero-order valence-electron chi connectivity index (χ0n) is 18.1. The van der Waals surface area contributed by atoms with Crippen molar-refractivity contribution in [1.82, 2.24) is 16.0 Å². The fourth-order valence-corrected chi connectivity index (χ4v) is 2.81. The topological polar surface area (TPSA) is 235 Å². The Labute approximate surface area is 190 Å². The van der Waals surface area contributed by atoms with E-state index in [2.05, 4.69) is 20.9 Å². The van der Waals surface area contributed by atoms with Gasteiger partial charge in [0.25, 0.3) is 0 Å². The minimum atomic E-state index is -1.44. The molecule has 0 aliphatic rings. The molecule has 0 aliphatic heterocycles. The molecule has 3 atom stereocenters. The van der Waals surface area contributed by atoms with Gasteiger partial charge in [-0.25, -0.2) is 4.79 Å². The van der Waals surface area contributed by atoms with Gasteiger partial charge in [-0.1, -0.05) is 30.3 Å². The van der Waals surface area contributed by atoms with Crippen LogP contribution >= 0.6 is 0 Å². The van der Waals surface area contributed by atoms with E-state index in [-0.39, 0.29) is 38.3 Å². The summed E-state index contributed by atoms with van der Waals surface area (Å²) in [6.07, 6.45) is 0.406. The van der Waals surface area contributed by atoms with Gasteiger partial charge in [-0.05, 0) is 18.4 Å². The van der Waals surface area contributed by atoms with Crippen LogP contribution in [0.3, 0.4) is 0 Å². The van der Waals surface area contributed by atoms with Gasteiger partial charge in [0.2, 0.25) is 17.7 Å². The van der Waals surface area contributed by atoms with E-state index in [1.54, 1.807) is 30.3 Å². The summed E-state index contributed by atoms with van der Waals surface area (Å²) in [6, 6.07) is 5.03. The second-order valence-corrected chi connectivity index (χ2v) is 7.11. The molecule has 13 heteroatoms. The van der Waals surface area contributed by atoms with Crippen molar-refractivity contribution in [2.45, 2.75) is 37.4 Å². The molecule has 182 valence electrons. The van der Waals surface area contributed by atoms with Crippen LogP contribution in [0, 0.1) is 0 Å². The molecule has 13 nitrogen and oxygen atoms in total. The van der Waals surface area contributed by atoms with Gasteiger partial charge in [0.1, 0.15) is 18.1 Å². The Hall–Kier alpha value is -3.71. The summed E-state index contributed by atoms with van der Waals surface area (Å²) in [5.41, 5.74) is 16.5. The summed E-state index contributed by atoms with van der Waals surface area (Å²) >= 11 is 0. The number of nitrogens with one attached hydrogen (secondary N) is 3. The third-order valence-electron chi connectivity index (χ3n) is 4.50. The van der Waals surface area contributed by atoms with Crippen molar-refractivity contribution in [3.05, 3.63) is 35.9 Å². The zero-order chi connectivity index (χ0) is 24.8. The van der Waals surface area contributed by atoms with Crippen molar-refractivity contribution in [3.8, 4) is 0 Å². The number of guanidine groups is 1. The number of nitrogens with two attached hydrogens (primary N) is 3. The lowest BCUT2D eigenvalue weighted by Crippen LogP contribution is -2.57. The fourth-order valence-electron chi connectivity index (χ4n) is 2.81. The van der Waals surface area contributed by atoms with Crippen LogP contribution in [0.1, 0.15) is 18.4 Å². The van der Waals surface area contributed by atoms with Gasteiger partial charge in [0.15, 0.2) is 5.96 Å². The van der Waals surface area contributed by atoms with E-state index in [1.165, 1.54) is 0 Å². The van der Waals surface area contributed by atoms with Gasteiger partial charge in [-0.2, -0.15) is 0 Å². The highest BCUT2D eigenvalue weighted by atomic mass is 16.4. The number of nitrogens with zero attached hydrogens (tertiary/aromatic N) is 1. The van der Waals surface area contributed by atoms with Crippen LogP contribution in [0.2, 0.25) is 0 Å². The standard InChI is InChI=1S/C20H31N7O6/c21-10-16(29)25-14(9-12-5-2-1-3-6-12)17(30)27-15(11-28)18(31)26-13(19(32)33)7-4-8-24-20(22)23/h1-3,5-6,13-15,28H,4,7-11,21H2,(H,25,29)(H,26,31)(H,27,30)(H,32,33)(H4,22,23,24). The van der Waals surface area contributed by atoms with E-state index in [4.69, 9.17) is 17.2 Å². The Morgan fingerprint density at radius 1 is 0.939 bits per heavy atom. The van der Waals surface area contributed by atoms with Gasteiger partial charge in [-0.3, -0.25) is 19.4 Å². The molecule has 33 heavy (non-hydrogen) atoms. The maximum Gasteiger partial charge on any atom is 0.326 e. The Bertz CT molecular complexity index is 829. The smallest absolute Gasteiger partial charge is 0.326 e. The number of carbonyl (C=O) groups excluding carboxylic acids is 3. The molecule has 0 saturated carbocycles. The number of carbonyl (C=O) groups is 4. The van der Waals surface area contributed by atoms with Crippen LogP contribution in [0.15, 0.2) is 35.3 Å². The van der Waals surface area contributed by atoms with Crippen molar-refractivity contribution < 1.29 is 29.4 Å². The molecule has 1 aromatic carbocycles. The molecule has 0 heterocycles. The highest BCUT2D eigenvalue weighted by molar-refractivity contribution is 5.93. The van der Waals surface area contributed by atoms with Crippen molar-refractivity contribution >= 4 is 29.7 Å². The maximum atomic E-state index is 12.8. The normalized spacial score (nSPS) is 13.2. The van der Waals surface area contributed by atoms with E-state index in [9.17, 15) is 29.4 Å². The largest absolute Gasteiger partial charge is 0.480 e. The number of carboxylic acid groups (broad SMARTS) is 1. The Kier molecular flexibility index (Phi) is 11.9. The lowest BCUT2D eigenvalue weighted by Gasteiger charge is -2.23. The van der Waals surface area contributed by atoms with Crippen LogP contribution < -0.4 is 33.2 Å². The van der Waals surface area contributed by atoms with E-state index in [0.29, 0.717) is 0 Å². The molecular weight excluding hydrogens is 434 g/mol. The van der Waals surface area contributed by atoms with Crippen LogP contribution in [-0.2, 0) is 25.6 Å². The average molecular weight is 466 g/mol. The first kappa shape index (κ1) is 27.3.